The largest absolute Gasteiger partial charge is 0.311 e. The molecule has 0 spiro atoms. The van der Waals surface area contributed by atoms with E-state index in [0.29, 0.717) is 25.2 Å². The molecule has 5 heteroatoms. The summed E-state index contributed by atoms with van der Waals surface area (Å²) >= 11 is 0. The van der Waals surface area contributed by atoms with E-state index in [1.165, 1.54) is 25.5 Å². The minimum atomic E-state index is -3.00. The van der Waals surface area contributed by atoms with Crippen LogP contribution in [-0.4, -0.2) is 44.2 Å². The van der Waals surface area contributed by atoms with Gasteiger partial charge in [0.1, 0.15) is 0 Å². The summed E-state index contributed by atoms with van der Waals surface area (Å²) in [6.45, 7) is 6.05. The van der Waals surface area contributed by atoms with Crippen LogP contribution >= 0.6 is 0 Å². The molecule has 1 aliphatic heterocycles. The van der Waals surface area contributed by atoms with Gasteiger partial charge in [-0.1, -0.05) is 26.7 Å². The fraction of sp³-hybridized carbons (Fsp3) is 1.00. The van der Waals surface area contributed by atoms with E-state index >= 15 is 0 Å². The molecule has 0 aromatic carbocycles. The van der Waals surface area contributed by atoms with Gasteiger partial charge >= 0.3 is 0 Å². The molecule has 1 aliphatic carbocycles. The molecule has 0 aromatic rings. The summed E-state index contributed by atoms with van der Waals surface area (Å²) in [5.41, 5.74) is 0. The molecule has 0 amide bonds. The van der Waals surface area contributed by atoms with Crippen LogP contribution in [0.5, 0.6) is 0 Å². The molecule has 0 bridgehead atoms. The van der Waals surface area contributed by atoms with Gasteiger partial charge in [0.25, 0.3) is 0 Å². The Hall–Kier alpha value is -0.130. The zero-order chi connectivity index (χ0) is 14.0. The third-order valence-corrected chi connectivity index (χ3v) is 6.38. The van der Waals surface area contributed by atoms with E-state index in [1.807, 2.05) is 0 Å². The molecule has 1 heterocycles. The highest BCUT2D eigenvalue weighted by atomic mass is 32.2. The van der Waals surface area contributed by atoms with E-state index in [0.717, 1.165) is 24.7 Å². The number of hydrogen-bond acceptors (Lipinski definition) is 3. The zero-order valence-corrected chi connectivity index (χ0v) is 13.2. The quantitative estimate of drug-likeness (QED) is 0.862. The Morgan fingerprint density at radius 3 is 2.26 bits per heavy atom. The number of nitrogens with one attached hydrogen (secondary N) is 1. The van der Waals surface area contributed by atoms with E-state index in [1.54, 1.807) is 4.31 Å². The maximum absolute atomic E-state index is 11.5. The van der Waals surface area contributed by atoms with Crippen LogP contribution in [0, 0.1) is 11.8 Å². The van der Waals surface area contributed by atoms with Crippen molar-refractivity contribution in [3.63, 3.8) is 0 Å². The average Bonchev–Trinajstić information content (AvgIpc) is 2.35. The summed E-state index contributed by atoms with van der Waals surface area (Å²) in [5, 5.41) is 3.79. The minimum absolute atomic E-state index is 0.496. The summed E-state index contributed by atoms with van der Waals surface area (Å²) in [7, 11) is -3.00. The first-order chi connectivity index (χ1) is 8.88. The highest BCUT2D eigenvalue weighted by Crippen LogP contribution is 2.30. The van der Waals surface area contributed by atoms with Crippen LogP contribution in [0.2, 0.25) is 0 Å². The lowest BCUT2D eigenvalue weighted by atomic mass is 9.77. The number of sulfonamides is 1. The molecule has 1 saturated heterocycles. The second-order valence-electron chi connectivity index (χ2n) is 6.48. The van der Waals surface area contributed by atoms with Gasteiger partial charge in [-0.05, 0) is 31.1 Å². The topological polar surface area (TPSA) is 49.4 Å². The summed E-state index contributed by atoms with van der Waals surface area (Å²) < 4.78 is 24.6. The van der Waals surface area contributed by atoms with Gasteiger partial charge < -0.3 is 5.32 Å². The van der Waals surface area contributed by atoms with E-state index in [4.69, 9.17) is 0 Å². The van der Waals surface area contributed by atoms with Crippen LogP contribution in [0.15, 0.2) is 0 Å². The van der Waals surface area contributed by atoms with Crippen LogP contribution in [0.25, 0.3) is 0 Å². The van der Waals surface area contributed by atoms with Gasteiger partial charge in [-0.3, -0.25) is 0 Å². The Bertz CT molecular complexity index is 388. The van der Waals surface area contributed by atoms with Crippen molar-refractivity contribution in [1.29, 1.82) is 0 Å². The number of hydrogen-bond donors (Lipinski definition) is 1. The predicted octanol–water partition coefficient (Wildman–Crippen LogP) is 1.82. The van der Waals surface area contributed by atoms with Crippen LogP contribution in [-0.2, 0) is 10.0 Å². The Morgan fingerprint density at radius 2 is 1.68 bits per heavy atom. The maximum atomic E-state index is 11.5. The van der Waals surface area contributed by atoms with E-state index in [2.05, 4.69) is 19.2 Å². The Labute approximate surface area is 118 Å². The lowest BCUT2D eigenvalue weighted by Crippen LogP contribution is -2.50. The van der Waals surface area contributed by atoms with Crippen molar-refractivity contribution >= 4 is 10.0 Å². The van der Waals surface area contributed by atoms with Crippen LogP contribution in [0.3, 0.4) is 0 Å². The van der Waals surface area contributed by atoms with Gasteiger partial charge in [0.15, 0.2) is 0 Å². The van der Waals surface area contributed by atoms with Crippen molar-refractivity contribution in [3.05, 3.63) is 0 Å². The SMILES string of the molecule is CC1CCCC(NC2CCN(S(C)(=O)=O)CC2)C1C. The van der Waals surface area contributed by atoms with Crippen LogP contribution in [0.4, 0.5) is 0 Å². The normalized spacial score (nSPS) is 35.4. The van der Waals surface area contributed by atoms with Crippen molar-refractivity contribution in [2.45, 2.75) is 58.0 Å². The molecular formula is C14H28N2O2S. The van der Waals surface area contributed by atoms with Crippen molar-refractivity contribution < 1.29 is 8.42 Å². The van der Waals surface area contributed by atoms with Crippen LogP contribution in [0.1, 0.15) is 46.0 Å². The number of nitrogens with zero attached hydrogens (tertiary/aromatic N) is 1. The Kier molecular flexibility index (Phi) is 4.90. The summed E-state index contributed by atoms with van der Waals surface area (Å²) in [5.74, 6) is 1.55. The lowest BCUT2D eigenvalue weighted by molar-refractivity contribution is 0.174. The first-order valence-corrected chi connectivity index (χ1v) is 9.44. The highest BCUT2D eigenvalue weighted by molar-refractivity contribution is 7.88. The van der Waals surface area contributed by atoms with Crippen molar-refractivity contribution in [2.75, 3.05) is 19.3 Å². The average molecular weight is 288 g/mol. The second kappa shape index (κ2) is 6.10. The molecule has 1 saturated carbocycles. The Balaban J connectivity index is 1.82. The first-order valence-electron chi connectivity index (χ1n) is 7.59. The van der Waals surface area contributed by atoms with E-state index in [-0.39, 0.29) is 0 Å². The third kappa shape index (κ3) is 3.92. The van der Waals surface area contributed by atoms with Gasteiger partial charge in [-0.2, -0.15) is 0 Å². The smallest absolute Gasteiger partial charge is 0.211 e. The molecule has 0 aromatic heterocycles. The predicted molar refractivity (Wildman–Crippen MR) is 78.5 cm³/mol. The molecule has 0 radical (unpaired) electrons. The molecule has 112 valence electrons. The van der Waals surface area contributed by atoms with Crippen LogP contribution < -0.4 is 5.32 Å². The Morgan fingerprint density at radius 1 is 1.05 bits per heavy atom. The fourth-order valence-electron chi connectivity index (χ4n) is 3.47. The zero-order valence-electron chi connectivity index (χ0n) is 12.4. The van der Waals surface area contributed by atoms with E-state index in [9.17, 15) is 8.42 Å². The monoisotopic (exact) mass is 288 g/mol. The molecule has 1 N–H and O–H groups in total. The molecule has 3 atom stereocenters. The lowest BCUT2D eigenvalue weighted by Gasteiger charge is -2.39. The highest BCUT2D eigenvalue weighted by Gasteiger charge is 2.31. The minimum Gasteiger partial charge on any atom is -0.311 e. The van der Waals surface area contributed by atoms with Crippen molar-refractivity contribution in [1.82, 2.24) is 9.62 Å². The third-order valence-electron chi connectivity index (χ3n) is 5.08. The fourth-order valence-corrected chi connectivity index (χ4v) is 4.35. The molecular weight excluding hydrogens is 260 g/mol. The van der Waals surface area contributed by atoms with Crippen molar-refractivity contribution in [2.24, 2.45) is 11.8 Å². The number of rotatable bonds is 3. The van der Waals surface area contributed by atoms with Gasteiger partial charge in [-0.15, -0.1) is 0 Å². The molecule has 2 fully saturated rings. The maximum Gasteiger partial charge on any atom is 0.211 e. The van der Waals surface area contributed by atoms with Gasteiger partial charge in [0.05, 0.1) is 6.26 Å². The summed E-state index contributed by atoms with van der Waals surface area (Å²) in [6, 6.07) is 1.12. The molecule has 2 rings (SSSR count). The van der Waals surface area contributed by atoms with Crippen molar-refractivity contribution in [3.8, 4) is 0 Å². The van der Waals surface area contributed by atoms with Gasteiger partial charge in [-0.25, -0.2) is 12.7 Å². The van der Waals surface area contributed by atoms with E-state index < -0.39 is 10.0 Å². The van der Waals surface area contributed by atoms with Gasteiger partial charge in [0.2, 0.25) is 10.0 Å². The summed E-state index contributed by atoms with van der Waals surface area (Å²) in [6.07, 6.45) is 7.16. The molecule has 4 nitrogen and oxygen atoms in total. The molecule has 19 heavy (non-hydrogen) atoms. The summed E-state index contributed by atoms with van der Waals surface area (Å²) in [4.78, 5) is 0. The standard InChI is InChI=1S/C14H28N2O2S/c1-11-5-4-6-14(12(11)2)15-13-7-9-16(10-8-13)19(3,17)18/h11-15H,4-10H2,1-3H3. The molecule has 2 aliphatic rings. The second-order valence-corrected chi connectivity index (χ2v) is 8.46. The first kappa shape index (κ1) is 15.3. The molecule has 3 unspecified atom stereocenters. The van der Waals surface area contributed by atoms with Gasteiger partial charge in [0, 0.05) is 25.2 Å². The number of piperidine rings is 1.